The molecule has 100 valence electrons. The number of rotatable bonds is 5. The Morgan fingerprint density at radius 2 is 2.39 bits per heavy atom. The normalized spacial score (nSPS) is 35.0. The zero-order valence-electron chi connectivity index (χ0n) is 10.8. The van der Waals surface area contributed by atoms with Gasteiger partial charge in [0.1, 0.15) is 11.5 Å². The monoisotopic (exact) mass is 267 g/mol. The summed E-state index contributed by atoms with van der Waals surface area (Å²) in [6, 6.07) is 4.16. The predicted octanol–water partition coefficient (Wildman–Crippen LogP) is 2.36. The summed E-state index contributed by atoms with van der Waals surface area (Å²) >= 11 is 1.83. The Hall–Kier alpha value is -0.450. The van der Waals surface area contributed by atoms with Crippen molar-refractivity contribution < 1.29 is 9.52 Å². The first kappa shape index (κ1) is 12.6. The molecule has 1 aromatic rings. The maximum absolute atomic E-state index is 10.2. The first-order valence-corrected chi connectivity index (χ1v) is 7.91. The molecule has 3 nitrogen and oxygen atoms in total. The molecular weight excluding hydrogens is 246 g/mol. The standard InChI is InChI=1S/C14H21NO2S/c1-10-6-12(10)13-3-2-11(17-13)7-15-8-14(16)4-5-18-9-14/h2-3,10,12,15-16H,4-9H2,1H3. The topological polar surface area (TPSA) is 45.4 Å². The Morgan fingerprint density at radius 1 is 1.56 bits per heavy atom. The molecule has 0 radical (unpaired) electrons. The van der Waals surface area contributed by atoms with Gasteiger partial charge in [-0.05, 0) is 36.6 Å². The third-order valence-corrected chi connectivity index (χ3v) is 5.23. The van der Waals surface area contributed by atoms with Crippen molar-refractivity contribution in [1.29, 1.82) is 0 Å². The van der Waals surface area contributed by atoms with Crippen LogP contribution in [-0.4, -0.2) is 28.8 Å². The van der Waals surface area contributed by atoms with E-state index in [9.17, 15) is 5.11 Å². The molecule has 2 N–H and O–H groups in total. The number of aliphatic hydroxyl groups is 1. The van der Waals surface area contributed by atoms with Crippen molar-refractivity contribution in [2.45, 2.75) is 37.8 Å². The first-order valence-electron chi connectivity index (χ1n) is 6.76. The largest absolute Gasteiger partial charge is 0.464 e. The minimum Gasteiger partial charge on any atom is -0.464 e. The first-order chi connectivity index (χ1) is 8.66. The smallest absolute Gasteiger partial charge is 0.117 e. The van der Waals surface area contributed by atoms with Crippen LogP contribution in [0, 0.1) is 5.92 Å². The minimum absolute atomic E-state index is 0.509. The van der Waals surface area contributed by atoms with Crippen LogP contribution in [0.4, 0.5) is 0 Å². The maximum Gasteiger partial charge on any atom is 0.117 e. The molecule has 0 amide bonds. The van der Waals surface area contributed by atoms with E-state index in [2.05, 4.69) is 24.4 Å². The number of hydrogen-bond donors (Lipinski definition) is 2. The van der Waals surface area contributed by atoms with Crippen LogP contribution < -0.4 is 5.32 Å². The van der Waals surface area contributed by atoms with Gasteiger partial charge in [-0.3, -0.25) is 0 Å². The van der Waals surface area contributed by atoms with E-state index in [1.54, 1.807) is 0 Å². The molecule has 3 unspecified atom stereocenters. The van der Waals surface area contributed by atoms with Gasteiger partial charge in [0, 0.05) is 18.2 Å². The van der Waals surface area contributed by atoms with Crippen LogP contribution in [0.1, 0.15) is 37.2 Å². The van der Waals surface area contributed by atoms with Gasteiger partial charge in [0.15, 0.2) is 0 Å². The van der Waals surface area contributed by atoms with Crippen molar-refractivity contribution in [1.82, 2.24) is 5.32 Å². The highest BCUT2D eigenvalue weighted by Gasteiger charge is 2.36. The Morgan fingerprint density at radius 3 is 3.06 bits per heavy atom. The van der Waals surface area contributed by atoms with E-state index in [-0.39, 0.29) is 0 Å². The van der Waals surface area contributed by atoms with E-state index in [1.807, 2.05) is 11.8 Å². The Kier molecular flexibility index (Phi) is 3.43. The minimum atomic E-state index is -0.509. The van der Waals surface area contributed by atoms with Gasteiger partial charge in [-0.15, -0.1) is 0 Å². The average molecular weight is 267 g/mol. The zero-order valence-corrected chi connectivity index (χ0v) is 11.6. The van der Waals surface area contributed by atoms with Gasteiger partial charge < -0.3 is 14.8 Å². The van der Waals surface area contributed by atoms with Crippen molar-refractivity contribution >= 4 is 11.8 Å². The molecule has 4 heteroatoms. The molecule has 18 heavy (non-hydrogen) atoms. The second kappa shape index (κ2) is 4.91. The highest BCUT2D eigenvalue weighted by molar-refractivity contribution is 7.99. The Balaban J connectivity index is 1.46. The molecule has 1 aliphatic carbocycles. The summed E-state index contributed by atoms with van der Waals surface area (Å²) in [7, 11) is 0. The lowest BCUT2D eigenvalue weighted by Crippen LogP contribution is -2.40. The number of hydrogen-bond acceptors (Lipinski definition) is 4. The van der Waals surface area contributed by atoms with Gasteiger partial charge in [0.05, 0.1) is 12.1 Å². The number of furan rings is 1. The molecule has 2 aliphatic rings. The van der Waals surface area contributed by atoms with Crippen LogP contribution in [0.3, 0.4) is 0 Å². The van der Waals surface area contributed by atoms with E-state index in [0.717, 1.165) is 35.4 Å². The van der Waals surface area contributed by atoms with Crippen LogP contribution in [0.5, 0.6) is 0 Å². The van der Waals surface area contributed by atoms with E-state index in [4.69, 9.17) is 4.42 Å². The quantitative estimate of drug-likeness (QED) is 0.859. The second-order valence-corrected chi connectivity index (χ2v) is 6.86. The number of thioether (sulfide) groups is 1. The van der Waals surface area contributed by atoms with Crippen LogP contribution in [0.2, 0.25) is 0 Å². The third-order valence-electron chi connectivity index (χ3n) is 3.99. The summed E-state index contributed by atoms with van der Waals surface area (Å²) in [5, 5.41) is 13.5. The molecule has 1 saturated heterocycles. The van der Waals surface area contributed by atoms with E-state index in [1.165, 1.54) is 6.42 Å². The summed E-state index contributed by atoms with van der Waals surface area (Å²) < 4.78 is 5.83. The van der Waals surface area contributed by atoms with Crippen molar-refractivity contribution in [2.75, 3.05) is 18.1 Å². The lowest BCUT2D eigenvalue weighted by Gasteiger charge is -2.21. The van der Waals surface area contributed by atoms with Crippen molar-refractivity contribution in [3.8, 4) is 0 Å². The fraction of sp³-hybridized carbons (Fsp3) is 0.714. The average Bonchev–Trinajstić information content (AvgIpc) is 2.79. The predicted molar refractivity (Wildman–Crippen MR) is 73.8 cm³/mol. The van der Waals surface area contributed by atoms with E-state index >= 15 is 0 Å². The summed E-state index contributed by atoms with van der Waals surface area (Å²) in [4.78, 5) is 0. The molecule has 3 atom stereocenters. The molecule has 3 rings (SSSR count). The van der Waals surface area contributed by atoms with Crippen molar-refractivity contribution in [3.05, 3.63) is 23.7 Å². The molecule has 1 aromatic heterocycles. The molecule has 0 spiro atoms. The fourth-order valence-electron chi connectivity index (χ4n) is 2.56. The molecular formula is C14H21NO2S. The van der Waals surface area contributed by atoms with Crippen molar-refractivity contribution in [2.24, 2.45) is 5.92 Å². The maximum atomic E-state index is 10.2. The fourth-order valence-corrected chi connectivity index (χ4v) is 3.86. The lowest BCUT2D eigenvalue weighted by atomic mass is 10.0. The molecule has 2 fully saturated rings. The molecule has 1 aliphatic heterocycles. The SMILES string of the molecule is CC1CC1c1ccc(CNCC2(O)CCSC2)o1. The van der Waals surface area contributed by atoms with Crippen molar-refractivity contribution in [3.63, 3.8) is 0 Å². The Labute approximate surface area is 112 Å². The van der Waals surface area contributed by atoms with Gasteiger partial charge in [-0.1, -0.05) is 6.92 Å². The molecule has 2 heterocycles. The highest BCUT2D eigenvalue weighted by atomic mass is 32.2. The summed E-state index contributed by atoms with van der Waals surface area (Å²) in [5.74, 6) is 5.47. The van der Waals surface area contributed by atoms with Gasteiger partial charge in [-0.2, -0.15) is 11.8 Å². The zero-order chi connectivity index (χ0) is 12.6. The van der Waals surface area contributed by atoms with Gasteiger partial charge >= 0.3 is 0 Å². The lowest BCUT2D eigenvalue weighted by molar-refractivity contribution is 0.0670. The van der Waals surface area contributed by atoms with E-state index in [0.29, 0.717) is 19.0 Å². The van der Waals surface area contributed by atoms with Crippen LogP contribution >= 0.6 is 11.8 Å². The van der Waals surface area contributed by atoms with Crippen LogP contribution in [0.15, 0.2) is 16.5 Å². The van der Waals surface area contributed by atoms with Gasteiger partial charge in [-0.25, -0.2) is 0 Å². The summed E-state index contributed by atoms with van der Waals surface area (Å²) in [6.45, 7) is 3.64. The molecule has 0 bridgehead atoms. The second-order valence-electron chi connectivity index (χ2n) is 5.75. The molecule has 0 aromatic carbocycles. The summed E-state index contributed by atoms with van der Waals surface area (Å²) in [5.41, 5.74) is -0.509. The highest BCUT2D eigenvalue weighted by Crippen LogP contribution is 2.47. The van der Waals surface area contributed by atoms with Gasteiger partial charge in [0.2, 0.25) is 0 Å². The summed E-state index contributed by atoms with van der Waals surface area (Å²) in [6.07, 6.45) is 2.16. The Bertz CT molecular complexity index is 412. The number of nitrogens with one attached hydrogen (secondary N) is 1. The van der Waals surface area contributed by atoms with Crippen LogP contribution in [0.25, 0.3) is 0 Å². The van der Waals surface area contributed by atoms with Gasteiger partial charge in [0.25, 0.3) is 0 Å². The third kappa shape index (κ3) is 2.76. The van der Waals surface area contributed by atoms with E-state index < -0.39 is 5.60 Å². The van der Waals surface area contributed by atoms with Crippen LogP contribution in [-0.2, 0) is 6.54 Å². The molecule has 1 saturated carbocycles.